The monoisotopic (exact) mass is 572 g/mol. The number of carbonyl (C=O) groups excluding carboxylic acids is 2. The lowest BCUT2D eigenvalue weighted by Gasteiger charge is -2.16. The summed E-state index contributed by atoms with van der Waals surface area (Å²) in [5, 5.41) is 2.85. The van der Waals surface area contributed by atoms with Gasteiger partial charge in [-0.15, -0.1) is 0 Å². The minimum atomic E-state index is -4.55. The van der Waals surface area contributed by atoms with Crippen LogP contribution in [0.1, 0.15) is 22.3 Å². The first kappa shape index (κ1) is 28.2. The predicted molar refractivity (Wildman–Crippen MR) is 150 cm³/mol. The third-order valence-corrected chi connectivity index (χ3v) is 7.12. The molecule has 0 radical (unpaired) electrons. The molecule has 1 heterocycles. The van der Waals surface area contributed by atoms with E-state index >= 15 is 0 Å². The lowest BCUT2D eigenvalue weighted by molar-refractivity contribution is -0.137. The molecule has 11 heteroatoms. The number of aryl methyl sites for hydroxylation is 2. The van der Waals surface area contributed by atoms with Crippen LogP contribution in [0.5, 0.6) is 11.5 Å². The maximum absolute atomic E-state index is 13.1. The topological polar surface area (TPSA) is 67.9 Å². The molecule has 0 bridgehead atoms. The molecule has 0 aliphatic carbocycles. The molecule has 1 fully saturated rings. The maximum atomic E-state index is 13.1. The van der Waals surface area contributed by atoms with Gasteiger partial charge in [0.05, 0.1) is 23.3 Å². The van der Waals surface area contributed by atoms with Gasteiger partial charge in [0, 0.05) is 5.69 Å². The number of hydrogen-bond acceptors (Lipinski definition) is 6. The predicted octanol–water partition coefficient (Wildman–Crippen LogP) is 6.75. The molecular weight excluding hydrogens is 549 g/mol. The quantitative estimate of drug-likeness (QED) is 0.250. The summed E-state index contributed by atoms with van der Waals surface area (Å²) in [6.45, 7) is 3.55. The fourth-order valence-corrected chi connectivity index (χ4v) is 5.19. The Bertz CT molecular complexity index is 1470. The zero-order valence-electron chi connectivity index (χ0n) is 21.1. The molecule has 0 atom stereocenters. The molecule has 2 amide bonds. The van der Waals surface area contributed by atoms with E-state index in [1.54, 1.807) is 24.3 Å². The van der Waals surface area contributed by atoms with Crippen LogP contribution in [0.2, 0.25) is 0 Å². The summed E-state index contributed by atoms with van der Waals surface area (Å²) in [4.78, 5) is 26.8. The minimum Gasteiger partial charge on any atom is -0.493 e. The van der Waals surface area contributed by atoms with E-state index in [4.69, 9.17) is 21.7 Å². The number of alkyl halides is 3. The Labute approximate surface area is 232 Å². The van der Waals surface area contributed by atoms with Crippen LogP contribution in [0.15, 0.2) is 65.6 Å². The van der Waals surface area contributed by atoms with Gasteiger partial charge in [-0.1, -0.05) is 54.3 Å². The molecule has 0 spiro atoms. The first-order valence-corrected chi connectivity index (χ1v) is 12.8. The van der Waals surface area contributed by atoms with E-state index in [-0.39, 0.29) is 27.4 Å². The fraction of sp³-hybridized carbons (Fsp3) is 0.179. The molecule has 3 aromatic rings. The highest BCUT2D eigenvalue weighted by atomic mass is 32.2. The van der Waals surface area contributed by atoms with Crippen molar-refractivity contribution in [2.45, 2.75) is 20.0 Å². The molecule has 1 aliphatic heterocycles. The Hall–Kier alpha value is -3.83. The molecule has 0 unspecified atom stereocenters. The Morgan fingerprint density at radius 2 is 1.74 bits per heavy atom. The van der Waals surface area contributed by atoms with Crippen LogP contribution in [0.4, 0.5) is 24.5 Å². The Morgan fingerprint density at radius 3 is 2.41 bits per heavy atom. The second-order valence-corrected chi connectivity index (χ2v) is 10.3. The van der Waals surface area contributed by atoms with Crippen LogP contribution in [-0.4, -0.2) is 29.9 Å². The molecule has 4 rings (SSSR count). The van der Waals surface area contributed by atoms with Gasteiger partial charge in [0.2, 0.25) is 0 Å². The first-order chi connectivity index (χ1) is 18.5. The number of nitrogens with zero attached hydrogens (tertiary/aromatic N) is 1. The van der Waals surface area contributed by atoms with E-state index in [2.05, 4.69) is 5.32 Å². The van der Waals surface area contributed by atoms with Crippen LogP contribution in [0.3, 0.4) is 0 Å². The van der Waals surface area contributed by atoms with Crippen LogP contribution >= 0.6 is 24.0 Å². The lowest BCUT2D eigenvalue weighted by atomic mass is 10.1. The van der Waals surface area contributed by atoms with Crippen molar-refractivity contribution in [3.63, 3.8) is 0 Å². The SMILES string of the molecule is COc1cc(/C=C2\SC(=S)N(c3cccc(C(F)(F)F)c3)C2=O)ccc1OCC(=O)Nc1c(C)cccc1C. The van der Waals surface area contributed by atoms with Gasteiger partial charge in [-0.2, -0.15) is 13.2 Å². The fourth-order valence-electron chi connectivity index (χ4n) is 3.89. The van der Waals surface area contributed by atoms with E-state index in [1.165, 1.54) is 19.2 Å². The van der Waals surface area contributed by atoms with Crippen LogP contribution in [0, 0.1) is 13.8 Å². The molecule has 1 N–H and O–H groups in total. The molecule has 0 saturated carbocycles. The van der Waals surface area contributed by atoms with Gasteiger partial charge in [0.1, 0.15) is 0 Å². The molecule has 1 aliphatic rings. The average Bonchev–Trinajstić information content (AvgIpc) is 3.17. The number of nitrogens with one attached hydrogen (secondary N) is 1. The summed E-state index contributed by atoms with van der Waals surface area (Å²) < 4.78 is 50.6. The smallest absolute Gasteiger partial charge is 0.416 e. The second kappa shape index (κ2) is 11.5. The third kappa shape index (κ3) is 6.43. The van der Waals surface area contributed by atoms with Gasteiger partial charge in [-0.25, -0.2) is 0 Å². The van der Waals surface area contributed by atoms with Gasteiger partial charge < -0.3 is 14.8 Å². The number of rotatable bonds is 7. The number of halogens is 3. The van der Waals surface area contributed by atoms with Gasteiger partial charge in [-0.3, -0.25) is 14.5 Å². The highest BCUT2D eigenvalue weighted by Crippen LogP contribution is 2.39. The number of benzene rings is 3. The van der Waals surface area contributed by atoms with E-state index < -0.39 is 17.6 Å². The number of amides is 2. The summed E-state index contributed by atoms with van der Waals surface area (Å²) in [6.07, 6.45) is -2.99. The average molecular weight is 573 g/mol. The first-order valence-electron chi connectivity index (χ1n) is 11.6. The Kier molecular flexibility index (Phi) is 8.31. The van der Waals surface area contributed by atoms with Crippen molar-refractivity contribution in [1.82, 2.24) is 0 Å². The van der Waals surface area contributed by atoms with Gasteiger partial charge in [0.15, 0.2) is 22.4 Å². The van der Waals surface area contributed by atoms with E-state index in [0.717, 1.165) is 45.6 Å². The standard InChI is InChI=1S/C28H23F3N2O4S2/c1-16-6-4-7-17(2)25(16)32-24(34)15-37-21-11-10-18(12-22(21)36-3)13-23-26(35)33(27(38)39-23)20-9-5-8-19(14-20)28(29,30)31/h4-14H,15H2,1-3H3,(H,32,34)/b23-13-. The number of hydrogen-bond donors (Lipinski definition) is 1. The number of anilines is 2. The number of methoxy groups -OCH3 is 1. The van der Waals surface area contributed by atoms with Gasteiger partial charge in [-0.05, 0) is 66.9 Å². The van der Waals surface area contributed by atoms with E-state index in [9.17, 15) is 22.8 Å². The van der Waals surface area contributed by atoms with Gasteiger partial charge in [0.25, 0.3) is 11.8 Å². The van der Waals surface area contributed by atoms with Crippen molar-refractivity contribution in [2.24, 2.45) is 0 Å². The van der Waals surface area contributed by atoms with Crippen molar-refractivity contribution in [1.29, 1.82) is 0 Å². The molecule has 39 heavy (non-hydrogen) atoms. The Morgan fingerprint density at radius 1 is 1.05 bits per heavy atom. The molecule has 0 aromatic heterocycles. The summed E-state index contributed by atoms with van der Waals surface area (Å²) >= 11 is 6.27. The summed E-state index contributed by atoms with van der Waals surface area (Å²) in [5.41, 5.74) is 2.34. The van der Waals surface area contributed by atoms with Crippen LogP contribution in [-0.2, 0) is 15.8 Å². The summed E-state index contributed by atoms with van der Waals surface area (Å²) in [5.74, 6) is -0.219. The van der Waals surface area contributed by atoms with Crippen molar-refractivity contribution >= 4 is 57.6 Å². The highest BCUT2D eigenvalue weighted by Gasteiger charge is 2.36. The van der Waals surface area contributed by atoms with Crippen LogP contribution < -0.4 is 19.7 Å². The number of carbonyl (C=O) groups is 2. The number of ether oxygens (including phenoxy) is 2. The van der Waals surface area contributed by atoms with Gasteiger partial charge >= 0.3 is 6.18 Å². The molecular formula is C28H23F3N2O4S2. The number of thioether (sulfide) groups is 1. The normalized spacial score (nSPS) is 14.6. The zero-order chi connectivity index (χ0) is 28.3. The molecule has 1 saturated heterocycles. The lowest BCUT2D eigenvalue weighted by Crippen LogP contribution is -2.27. The Balaban J connectivity index is 1.48. The largest absolute Gasteiger partial charge is 0.493 e. The van der Waals surface area contributed by atoms with Crippen molar-refractivity contribution in [2.75, 3.05) is 23.9 Å². The molecule has 202 valence electrons. The summed E-state index contributed by atoms with van der Waals surface area (Å²) in [6, 6.07) is 15.0. The second-order valence-electron chi connectivity index (χ2n) is 8.58. The van der Waals surface area contributed by atoms with Crippen molar-refractivity contribution in [3.8, 4) is 11.5 Å². The van der Waals surface area contributed by atoms with Crippen molar-refractivity contribution in [3.05, 3.63) is 87.8 Å². The van der Waals surface area contributed by atoms with E-state index in [0.29, 0.717) is 17.1 Å². The van der Waals surface area contributed by atoms with Crippen molar-refractivity contribution < 1.29 is 32.2 Å². The molecule has 6 nitrogen and oxygen atoms in total. The highest BCUT2D eigenvalue weighted by molar-refractivity contribution is 8.27. The summed E-state index contributed by atoms with van der Waals surface area (Å²) in [7, 11) is 1.44. The number of thiocarbonyl (C=S) groups is 1. The van der Waals surface area contributed by atoms with Crippen LogP contribution in [0.25, 0.3) is 6.08 Å². The number of para-hydroxylation sites is 1. The van der Waals surface area contributed by atoms with E-state index in [1.807, 2.05) is 32.0 Å². The molecule has 3 aromatic carbocycles. The minimum absolute atomic E-state index is 0.0382. The zero-order valence-corrected chi connectivity index (χ0v) is 22.7. The third-order valence-electron chi connectivity index (χ3n) is 5.82. The maximum Gasteiger partial charge on any atom is 0.416 e.